The molecule has 3 heterocycles. The smallest absolute Gasteiger partial charge is 0.253 e. The Kier molecular flexibility index (Phi) is 6.76. The van der Waals surface area contributed by atoms with Gasteiger partial charge in [0.15, 0.2) is 5.82 Å². The molecule has 0 saturated heterocycles. The Morgan fingerprint density at radius 1 is 1.13 bits per heavy atom. The number of pyridine rings is 1. The molecular formula is C29H31FN6O2. The quantitative estimate of drug-likeness (QED) is 0.372. The summed E-state index contributed by atoms with van der Waals surface area (Å²) < 4.78 is 21.1. The molecule has 0 amide bonds. The second-order valence-electron chi connectivity index (χ2n) is 10.0. The SMILES string of the molecule is CCOc1ccc2[nH]c(=O)c([C@@H](c3nnnn3C3CCCC3)N3CC=C(c4ccc(F)cc4)CC3)cc2c1. The molecule has 9 heteroatoms. The monoisotopic (exact) mass is 514 g/mol. The summed E-state index contributed by atoms with van der Waals surface area (Å²) >= 11 is 0. The lowest BCUT2D eigenvalue weighted by Gasteiger charge is -2.33. The van der Waals surface area contributed by atoms with Gasteiger partial charge in [-0.25, -0.2) is 9.07 Å². The summed E-state index contributed by atoms with van der Waals surface area (Å²) in [4.78, 5) is 18.9. The molecule has 1 saturated carbocycles. The Bertz CT molecular complexity index is 1520. The minimum Gasteiger partial charge on any atom is -0.494 e. The summed E-state index contributed by atoms with van der Waals surface area (Å²) in [6.45, 7) is 3.84. The van der Waals surface area contributed by atoms with Gasteiger partial charge in [0.2, 0.25) is 0 Å². The number of nitrogens with zero attached hydrogens (tertiary/aromatic N) is 5. The Balaban J connectivity index is 1.42. The third-order valence-corrected chi connectivity index (χ3v) is 7.70. The van der Waals surface area contributed by atoms with Crippen molar-refractivity contribution in [2.24, 2.45) is 0 Å². The van der Waals surface area contributed by atoms with Gasteiger partial charge in [-0.15, -0.1) is 5.10 Å². The van der Waals surface area contributed by atoms with Crippen LogP contribution in [-0.2, 0) is 0 Å². The second-order valence-corrected chi connectivity index (χ2v) is 10.0. The fourth-order valence-electron chi connectivity index (χ4n) is 5.80. The minimum absolute atomic E-state index is 0.152. The first-order valence-electron chi connectivity index (χ1n) is 13.4. The van der Waals surface area contributed by atoms with Crippen LogP contribution >= 0.6 is 0 Å². The van der Waals surface area contributed by atoms with Crippen LogP contribution < -0.4 is 10.3 Å². The van der Waals surface area contributed by atoms with Gasteiger partial charge in [-0.1, -0.05) is 31.1 Å². The first kappa shape index (κ1) is 24.5. The third-order valence-electron chi connectivity index (χ3n) is 7.70. The van der Waals surface area contributed by atoms with Crippen LogP contribution in [0.15, 0.2) is 59.4 Å². The van der Waals surface area contributed by atoms with E-state index in [0.29, 0.717) is 31.1 Å². The fraction of sp³-hybridized carbons (Fsp3) is 0.379. The van der Waals surface area contributed by atoms with Crippen molar-refractivity contribution in [3.8, 4) is 5.75 Å². The van der Waals surface area contributed by atoms with Crippen LogP contribution in [0.4, 0.5) is 4.39 Å². The highest BCUT2D eigenvalue weighted by atomic mass is 19.1. The van der Waals surface area contributed by atoms with Gasteiger partial charge in [-0.05, 0) is 84.1 Å². The maximum Gasteiger partial charge on any atom is 0.253 e. The number of halogens is 1. The van der Waals surface area contributed by atoms with Crippen LogP contribution in [0.1, 0.15) is 68.1 Å². The van der Waals surface area contributed by atoms with E-state index in [9.17, 15) is 9.18 Å². The minimum atomic E-state index is -0.416. The molecule has 1 aliphatic heterocycles. The highest BCUT2D eigenvalue weighted by Crippen LogP contribution is 2.36. The summed E-state index contributed by atoms with van der Waals surface area (Å²) in [5, 5.41) is 13.8. The zero-order chi connectivity index (χ0) is 26.1. The number of rotatable bonds is 7. The van der Waals surface area contributed by atoms with Gasteiger partial charge in [0.1, 0.15) is 17.6 Å². The topological polar surface area (TPSA) is 88.9 Å². The van der Waals surface area contributed by atoms with Gasteiger partial charge in [0.25, 0.3) is 5.56 Å². The molecule has 2 aliphatic rings. The van der Waals surface area contributed by atoms with Crippen molar-refractivity contribution in [3.05, 3.63) is 87.7 Å². The van der Waals surface area contributed by atoms with E-state index in [1.54, 1.807) is 0 Å². The number of tetrazole rings is 1. The number of hydrogen-bond acceptors (Lipinski definition) is 6. The summed E-state index contributed by atoms with van der Waals surface area (Å²) in [5.41, 5.74) is 3.41. The van der Waals surface area contributed by atoms with Gasteiger partial charge in [-0.3, -0.25) is 9.69 Å². The third kappa shape index (κ3) is 4.74. The zero-order valence-electron chi connectivity index (χ0n) is 21.4. The normalized spacial score (nSPS) is 17.6. The van der Waals surface area contributed by atoms with E-state index in [2.05, 4.69) is 31.5 Å². The molecule has 4 aromatic rings. The number of H-pyrrole nitrogens is 1. The molecule has 2 aromatic carbocycles. The highest BCUT2D eigenvalue weighted by Gasteiger charge is 2.34. The van der Waals surface area contributed by atoms with Gasteiger partial charge >= 0.3 is 0 Å². The van der Waals surface area contributed by atoms with Crippen molar-refractivity contribution in [2.75, 3.05) is 19.7 Å². The predicted octanol–water partition coefficient (Wildman–Crippen LogP) is 5.05. The summed E-state index contributed by atoms with van der Waals surface area (Å²) in [5.74, 6) is 1.21. The number of hydrogen-bond donors (Lipinski definition) is 1. The molecule has 0 radical (unpaired) electrons. The van der Waals surface area contributed by atoms with Crippen LogP contribution in [0, 0.1) is 5.82 Å². The number of benzene rings is 2. The Morgan fingerprint density at radius 2 is 1.95 bits per heavy atom. The molecular weight excluding hydrogens is 483 g/mol. The van der Waals surface area contributed by atoms with E-state index in [1.165, 1.54) is 17.7 Å². The van der Waals surface area contributed by atoms with E-state index in [0.717, 1.165) is 54.3 Å². The van der Waals surface area contributed by atoms with E-state index in [-0.39, 0.29) is 17.4 Å². The molecule has 1 aliphatic carbocycles. The molecule has 1 atom stereocenters. The zero-order valence-corrected chi connectivity index (χ0v) is 21.4. The van der Waals surface area contributed by atoms with Crippen molar-refractivity contribution in [3.63, 3.8) is 0 Å². The maximum atomic E-state index is 13.5. The molecule has 1 N–H and O–H groups in total. The molecule has 196 valence electrons. The molecule has 38 heavy (non-hydrogen) atoms. The van der Waals surface area contributed by atoms with Crippen molar-refractivity contribution < 1.29 is 9.13 Å². The summed E-state index contributed by atoms with van der Waals surface area (Å²) in [6, 6.07) is 14.1. The van der Waals surface area contributed by atoms with Crippen molar-refractivity contribution in [1.29, 1.82) is 0 Å². The van der Waals surface area contributed by atoms with E-state index in [4.69, 9.17) is 4.74 Å². The first-order chi connectivity index (χ1) is 18.6. The van der Waals surface area contributed by atoms with Crippen molar-refractivity contribution in [1.82, 2.24) is 30.1 Å². The Hall–Kier alpha value is -3.85. The maximum absolute atomic E-state index is 13.5. The van der Waals surface area contributed by atoms with E-state index >= 15 is 0 Å². The number of fused-ring (bicyclic) bond motifs is 1. The molecule has 0 bridgehead atoms. The van der Waals surface area contributed by atoms with Gasteiger partial charge < -0.3 is 9.72 Å². The van der Waals surface area contributed by atoms with Crippen LogP contribution in [0.25, 0.3) is 16.5 Å². The molecule has 1 fully saturated rings. The van der Waals surface area contributed by atoms with Crippen molar-refractivity contribution in [2.45, 2.75) is 51.1 Å². The highest BCUT2D eigenvalue weighted by molar-refractivity contribution is 5.80. The number of aromatic amines is 1. The standard InChI is InChI=1S/C29H31FN6O2/c1-2-38-24-11-12-26-21(17-24)18-25(29(37)31-26)27(28-32-33-34-36(28)23-5-3-4-6-23)35-15-13-20(14-16-35)19-7-9-22(30)10-8-19/h7-13,17-18,23,27H,2-6,14-16H2,1H3,(H,31,37)/t27-/m0/s1. The molecule has 6 rings (SSSR count). The molecule has 2 aromatic heterocycles. The summed E-state index contributed by atoms with van der Waals surface area (Å²) in [6.07, 6.45) is 7.30. The second kappa shape index (κ2) is 10.5. The molecule has 0 spiro atoms. The van der Waals surface area contributed by atoms with Gasteiger partial charge in [0, 0.05) is 29.6 Å². The fourth-order valence-corrected chi connectivity index (χ4v) is 5.80. The van der Waals surface area contributed by atoms with Crippen LogP contribution in [0.2, 0.25) is 0 Å². The van der Waals surface area contributed by atoms with Crippen molar-refractivity contribution >= 4 is 16.5 Å². The number of ether oxygens (including phenoxy) is 1. The Labute approximate surface area is 220 Å². The van der Waals surface area contributed by atoms with Gasteiger partial charge in [-0.2, -0.15) is 0 Å². The largest absolute Gasteiger partial charge is 0.494 e. The molecule has 8 nitrogen and oxygen atoms in total. The van der Waals surface area contributed by atoms with Gasteiger partial charge in [0.05, 0.1) is 12.6 Å². The number of aromatic nitrogens is 5. The lowest BCUT2D eigenvalue weighted by molar-refractivity contribution is 0.229. The summed E-state index contributed by atoms with van der Waals surface area (Å²) in [7, 11) is 0. The van der Waals surface area contributed by atoms with Crippen LogP contribution in [-0.4, -0.2) is 49.8 Å². The lowest BCUT2D eigenvalue weighted by atomic mass is 9.96. The Morgan fingerprint density at radius 3 is 2.68 bits per heavy atom. The average molecular weight is 515 g/mol. The van der Waals surface area contributed by atoms with Crippen LogP contribution in [0.3, 0.4) is 0 Å². The molecule has 0 unspecified atom stereocenters. The van der Waals surface area contributed by atoms with E-state index < -0.39 is 6.04 Å². The lowest BCUT2D eigenvalue weighted by Crippen LogP contribution is -2.38. The average Bonchev–Trinajstić information content (AvgIpc) is 3.63. The van der Waals surface area contributed by atoms with Crippen LogP contribution in [0.5, 0.6) is 5.75 Å². The number of nitrogens with one attached hydrogen (secondary N) is 1. The van der Waals surface area contributed by atoms with E-state index in [1.807, 2.05) is 48.0 Å². The first-order valence-corrected chi connectivity index (χ1v) is 13.4. The predicted molar refractivity (Wildman–Crippen MR) is 143 cm³/mol.